The number of hydrogen-bond donors (Lipinski definition) is 0. The van der Waals surface area contributed by atoms with Crippen LogP contribution in [0, 0.1) is 0 Å². The van der Waals surface area contributed by atoms with Crippen molar-refractivity contribution in [3.63, 3.8) is 0 Å². The Labute approximate surface area is 187 Å². The molecule has 0 aliphatic rings. The van der Waals surface area contributed by atoms with Crippen LogP contribution in [0.1, 0.15) is 31.7 Å². The van der Waals surface area contributed by atoms with Crippen molar-refractivity contribution < 1.29 is 51.0 Å². The standard InChI is InChI=1S/C23H21.2ClH.Zr/c1-3-16(2)19-14-18-10-7-13-22(23(18)15-19)21-12-6-9-17-8-4-5-11-20(17)21;;;/h4-16H,3H2,1-2H3;2*1H;/q-1;;;+3/p-2. The van der Waals surface area contributed by atoms with Gasteiger partial charge in [0.15, 0.2) is 0 Å². The van der Waals surface area contributed by atoms with Crippen LogP contribution in [0.15, 0.2) is 72.8 Å². The maximum Gasteiger partial charge on any atom is 3.00 e. The van der Waals surface area contributed by atoms with E-state index in [-0.39, 0.29) is 51.0 Å². The van der Waals surface area contributed by atoms with Crippen LogP contribution in [-0.4, -0.2) is 0 Å². The fourth-order valence-corrected chi connectivity index (χ4v) is 3.47. The molecule has 0 amide bonds. The molecule has 1 atom stereocenters. The largest absolute Gasteiger partial charge is 3.00 e. The van der Waals surface area contributed by atoms with Gasteiger partial charge >= 0.3 is 26.2 Å². The van der Waals surface area contributed by atoms with Gasteiger partial charge in [-0.15, -0.1) is 34.5 Å². The van der Waals surface area contributed by atoms with E-state index >= 15 is 0 Å². The molecule has 4 aromatic rings. The van der Waals surface area contributed by atoms with E-state index in [1.807, 2.05) is 0 Å². The smallest absolute Gasteiger partial charge is 1.00 e. The zero-order valence-electron chi connectivity index (χ0n) is 15.0. The molecule has 1 unspecified atom stereocenters. The van der Waals surface area contributed by atoms with Gasteiger partial charge in [0.1, 0.15) is 0 Å². The van der Waals surface area contributed by atoms with Crippen molar-refractivity contribution in [1.82, 2.24) is 0 Å². The van der Waals surface area contributed by atoms with Gasteiger partial charge in [0.25, 0.3) is 0 Å². The molecule has 0 aliphatic carbocycles. The fourth-order valence-electron chi connectivity index (χ4n) is 3.47. The zero-order chi connectivity index (χ0) is 15.8. The summed E-state index contributed by atoms with van der Waals surface area (Å²) >= 11 is 0. The van der Waals surface area contributed by atoms with Crippen molar-refractivity contribution in [3.8, 4) is 11.1 Å². The van der Waals surface area contributed by atoms with Crippen molar-refractivity contribution in [3.05, 3.63) is 78.4 Å². The van der Waals surface area contributed by atoms with Gasteiger partial charge in [-0.25, -0.2) is 0 Å². The third-order valence-corrected chi connectivity index (χ3v) is 5.03. The summed E-state index contributed by atoms with van der Waals surface area (Å²) in [6.07, 6.45) is 1.18. The SMILES string of the molecule is CCC(C)c1cc2c(-c3cccc4ccccc34)cccc2[cH-]1.[Cl-].[Cl-].[Zr+3]. The quantitative estimate of drug-likeness (QED) is 0.400. The van der Waals surface area contributed by atoms with E-state index in [9.17, 15) is 0 Å². The van der Waals surface area contributed by atoms with Crippen molar-refractivity contribution in [1.29, 1.82) is 0 Å². The van der Waals surface area contributed by atoms with Crippen LogP contribution in [-0.2, 0) is 26.2 Å². The maximum absolute atomic E-state index is 2.39. The van der Waals surface area contributed by atoms with Crippen molar-refractivity contribution in [2.75, 3.05) is 0 Å². The molecule has 0 nitrogen and oxygen atoms in total. The molecule has 26 heavy (non-hydrogen) atoms. The molecule has 1 radical (unpaired) electrons. The minimum atomic E-state index is 0. The molecule has 3 heteroatoms. The van der Waals surface area contributed by atoms with Gasteiger partial charge in [-0.2, -0.15) is 6.07 Å². The predicted octanol–water partition coefficient (Wildman–Crippen LogP) is 0.898. The van der Waals surface area contributed by atoms with E-state index in [0.29, 0.717) is 5.92 Å². The Morgan fingerprint density at radius 3 is 2.15 bits per heavy atom. The van der Waals surface area contributed by atoms with Crippen LogP contribution >= 0.6 is 0 Å². The van der Waals surface area contributed by atoms with E-state index in [1.54, 1.807) is 0 Å². The second-order valence-electron chi connectivity index (χ2n) is 6.43. The minimum Gasteiger partial charge on any atom is -1.00 e. The van der Waals surface area contributed by atoms with Crippen molar-refractivity contribution in [2.24, 2.45) is 0 Å². The van der Waals surface area contributed by atoms with E-state index in [1.165, 1.54) is 44.7 Å². The Balaban J connectivity index is 0.00000113. The number of benzene rings is 3. The summed E-state index contributed by atoms with van der Waals surface area (Å²) in [7, 11) is 0. The first-order valence-corrected chi connectivity index (χ1v) is 8.45. The number of fused-ring (bicyclic) bond motifs is 2. The molecule has 0 fully saturated rings. The Kier molecular flexibility index (Phi) is 8.67. The predicted molar refractivity (Wildman–Crippen MR) is 101 cm³/mol. The first kappa shape index (κ1) is 23.0. The van der Waals surface area contributed by atoms with Crippen LogP contribution in [0.2, 0.25) is 0 Å². The van der Waals surface area contributed by atoms with Gasteiger partial charge in [-0.3, -0.25) is 0 Å². The van der Waals surface area contributed by atoms with Crippen LogP contribution in [0.4, 0.5) is 0 Å². The van der Waals surface area contributed by atoms with Crippen LogP contribution in [0.25, 0.3) is 32.7 Å². The molecule has 0 N–H and O–H groups in total. The van der Waals surface area contributed by atoms with Gasteiger partial charge in [0.2, 0.25) is 0 Å². The molecule has 4 rings (SSSR count). The van der Waals surface area contributed by atoms with Gasteiger partial charge in [0.05, 0.1) is 0 Å². The summed E-state index contributed by atoms with van der Waals surface area (Å²) in [6, 6.07) is 26.7. The monoisotopic (exact) mass is 457 g/mol. The number of hydrogen-bond acceptors (Lipinski definition) is 0. The Morgan fingerprint density at radius 2 is 1.42 bits per heavy atom. The average Bonchev–Trinajstić information content (AvgIpc) is 3.05. The molecular formula is C23H21Cl2Zr. The van der Waals surface area contributed by atoms with E-state index < -0.39 is 0 Å². The summed E-state index contributed by atoms with van der Waals surface area (Å²) in [4.78, 5) is 0. The fraction of sp³-hybridized carbons (Fsp3) is 0.174. The normalized spacial score (nSPS) is 11.3. The van der Waals surface area contributed by atoms with Gasteiger partial charge in [0, 0.05) is 0 Å². The first-order chi connectivity index (χ1) is 11.3. The summed E-state index contributed by atoms with van der Waals surface area (Å²) < 4.78 is 0. The third-order valence-electron chi connectivity index (χ3n) is 5.03. The van der Waals surface area contributed by atoms with Gasteiger partial charge < -0.3 is 24.8 Å². The van der Waals surface area contributed by atoms with Crippen LogP contribution in [0.5, 0.6) is 0 Å². The number of halogens is 2. The van der Waals surface area contributed by atoms with Crippen LogP contribution in [0.3, 0.4) is 0 Å². The third kappa shape index (κ3) is 4.11. The summed E-state index contributed by atoms with van der Waals surface area (Å²) in [5, 5.41) is 5.36. The molecular weight excluding hydrogens is 438 g/mol. The Hall–Kier alpha value is -1.01. The van der Waals surface area contributed by atoms with E-state index in [0.717, 1.165) is 0 Å². The molecule has 0 saturated heterocycles. The van der Waals surface area contributed by atoms with E-state index in [2.05, 4.69) is 86.6 Å². The Morgan fingerprint density at radius 1 is 0.808 bits per heavy atom. The minimum absolute atomic E-state index is 0. The molecule has 4 aromatic carbocycles. The van der Waals surface area contributed by atoms with Gasteiger partial charge in [-0.05, 0) is 22.3 Å². The molecule has 0 aliphatic heterocycles. The molecule has 0 aromatic heterocycles. The molecule has 0 spiro atoms. The van der Waals surface area contributed by atoms with Gasteiger partial charge in [-0.1, -0.05) is 74.4 Å². The van der Waals surface area contributed by atoms with Crippen molar-refractivity contribution in [2.45, 2.75) is 26.2 Å². The zero-order valence-corrected chi connectivity index (χ0v) is 18.9. The summed E-state index contributed by atoms with van der Waals surface area (Å²) in [6.45, 7) is 4.57. The Bertz CT molecular complexity index is 983. The van der Waals surface area contributed by atoms with E-state index in [4.69, 9.17) is 0 Å². The summed E-state index contributed by atoms with van der Waals surface area (Å²) in [5.41, 5.74) is 4.12. The average molecular weight is 460 g/mol. The van der Waals surface area contributed by atoms with Crippen molar-refractivity contribution >= 4 is 21.5 Å². The number of rotatable bonds is 3. The molecule has 0 bridgehead atoms. The topological polar surface area (TPSA) is 0 Å². The van der Waals surface area contributed by atoms with Crippen LogP contribution < -0.4 is 24.8 Å². The first-order valence-electron chi connectivity index (χ1n) is 8.45. The second kappa shape index (κ2) is 9.79. The maximum atomic E-state index is 2.39. The molecule has 0 heterocycles. The second-order valence-corrected chi connectivity index (χ2v) is 6.43. The molecule has 0 saturated carbocycles. The molecule has 131 valence electrons. The summed E-state index contributed by atoms with van der Waals surface area (Å²) in [5.74, 6) is 0.614.